The molecule has 0 heterocycles. The maximum atomic E-state index is 11.2. The summed E-state index contributed by atoms with van der Waals surface area (Å²) in [6.07, 6.45) is 0.943. The van der Waals surface area contributed by atoms with Gasteiger partial charge in [-0.05, 0) is 13.3 Å². The number of methoxy groups -OCH3 is 1. The predicted molar refractivity (Wildman–Crippen MR) is 62.4 cm³/mol. The largest absolute Gasteiger partial charge is 0.385 e. The molecule has 0 fully saturated rings. The Labute approximate surface area is 102 Å². The summed E-state index contributed by atoms with van der Waals surface area (Å²) < 4.78 is 10.1. The van der Waals surface area contributed by atoms with Crippen molar-refractivity contribution >= 4 is 5.91 Å². The van der Waals surface area contributed by atoms with Crippen molar-refractivity contribution in [3.63, 3.8) is 0 Å². The van der Waals surface area contributed by atoms with E-state index in [4.69, 9.17) is 19.7 Å². The fourth-order valence-electron chi connectivity index (χ4n) is 1.11. The first-order valence-electron chi connectivity index (χ1n) is 5.74. The number of hydrogen-bond donors (Lipinski definition) is 3. The second kappa shape index (κ2) is 9.35. The van der Waals surface area contributed by atoms with Gasteiger partial charge in [0.2, 0.25) is 5.91 Å². The molecular weight excluding hydrogens is 226 g/mol. The Hall–Kier alpha value is -0.690. The molecule has 3 N–H and O–H groups in total. The van der Waals surface area contributed by atoms with E-state index < -0.39 is 5.79 Å². The quantitative estimate of drug-likeness (QED) is 0.363. The van der Waals surface area contributed by atoms with E-state index in [1.165, 1.54) is 6.92 Å². The Morgan fingerprint density at radius 1 is 1.29 bits per heavy atom. The van der Waals surface area contributed by atoms with E-state index in [1.807, 2.05) is 0 Å². The van der Waals surface area contributed by atoms with Crippen LogP contribution >= 0.6 is 0 Å². The third-order valence-electron chi connectivity index (χ3n) is 2.03. The molecule has 0 aliphatic carbocycles. The van der Waals surface area contributed by atoms with Crippen LogP contribution in [0.15, 0.2) is 0 Å². The van der Waals surface area contributed by atoms with Crippen LogP contribution in [0.4, 0.5) is 0 Å². The average molecular weight is 249 g/mol. The highest BCUT2D eigenvalue weighted by molar-refractivity contribution is 5.75. The normalized spacial score (nSPS) is 11.5. The van der Waals surface area contributed by atoms with Crippen LogP contribution in [0.2, 0.25) is 0 Å². The second-order valence-corrected chi connectivity index (χ2v) is 4.03. The number of nitrogens with one attached hydrogen (secondary N) is 1. The topological polar surface area (TPSA) is 88.0 Å². The van der Waals surface area contributed by atoms with Gasteiger partial charge in [0.25, 0.3) is 0 Å². The van der Waals surface area contributed by atoms with Crippen molar-refractivity contribution in [2.45, 2.75) is 32.0 Å². The van der Waals surface area contributed by atoms with E-state index in [1.54, 1.807) is 7.11 Å². The zero-order chi connectivity index (χ0) is 13.1. The Balaban J connectivity index is 3.28. The van der Waals surface area contributed by atoms with Crippen molar-refractivity contribution in [3.05, 3.63) is 0 Å². The molecule has 102 valence electrons. The summed E-state index contributed by atoms with van der Waals surface area (Å²) in [6.45, 7) is 3.40. The molecule has 0 spiro atoms. The van der Waals surface area contributed by atoms with E-state index in [0.717, 1.165) is 6.42 Å². The lowest BCUT2D eigenvalue weighted by Gasteiger charge is -2.14. The standard InChI is InChI=1S/C11H23NO5/c1-11(14,15)5-4-10(13)12-6-9-17-8-3-7-16-2/h14-15H,3-9H2,1-2H3,(H,12,13). The maximum Gasteiger partial charge on any atom is 0.220 e. The average Bonchev–Trinajstić information content (AvgIpc) is 2.24. The van der Waals surface area contributed by atoms with Crippen LogP contribution in [-0.4, -0.2) is 55.4 Å². The van der Waals surface area contributed by atoms with E-state index in [0.29, 0.717) is 26.4 Å². The van der Waals surface area contributed by atoms with E-state index in [9.17, 15) is 4.79 Å². The molecule has 0 aliphatic heterocycles. The molecule has 0 radical (unpaired) electrons. The van der Waals surface area contributed by atoms with E-state index >= 15 is 0 Å². The zero-order valence-corrected chi connectivity index (χ0v) is 10.6. The van der Waals surface area contributed by atoms with Crippen LogP contribution in [0.5, 0.6) is 0 Å². The molecule has 0 aromatic rings. The summed E-state index contributed by atoms with van der Waals surface area (Å²) >= 11 is 0. The molecule has 0 aromatic carbocycles. The smallest absolute Gasteiger partial charge is 0.220 e. The van der Waals surface area contributed by atoms with Crippen LogP contribution < -0.4 is 5.32 Å². The van der Waals surface area contributed by atoms with Gasteiger partial charge in [0.15, 0.2) is 5.79 Å². The Bertz CT molecular complexity index is 203. The van der Waals surface area contributed by atoms with Gasteiger partial charge in [0, 0.05) is 39.7 Å². The summed E-state index contributed by atoms with van der Waals surface area (Å²) in [5.74, 6) is -1.99. The minimum absolute atomic E-state index is 0.0214. The lowest BCUT2D eigenvalue weighted by Crippen LogP contribution is -2.31. The summed E-state index contributed by atoms with van der Waals surface area (Å²) in [6, 6.07) is 0. The fraction of sp³-hybridized carbons (Fsp3) is 0.909. The number of ether oxygens (including phenoxy) is 2. The van der Waals surface area contributed by atoms with Gasteiger partial charge in [-0.2, -0.15) is 0 Å². The Morgan fingerprint density at radius 2 is 2.00 bits per heavy atom. The molecular formula is C11H23NO5. The molecule has 0 aromatic heterocycles. The van der Waals surface area contributed by atoms with Crippen LogP contribution in [0.1, 0.15) is 26.2 Å². The predicted octanol–water partition coefficient (Wildman–Crippen LogP) is -0.363. The van der Waals surface area contributed by atoms with Gasteiger partial charge in [-0.1, -0.05) is 0 Å². The molecule has 0 aliphatic rings. The van der Waals surface area contributed by atoms with Crippen molar-refractivity contribution in [3.8, 4) is 0 Å². The minimum atomic E-state index is -1.78. The second-order valence-electron chi connectivity index (χ2n) is 4.03. The van der Waals surface area contributed by atoms with Crippen molar-refractivity contribution < 1.29 is 24.5 Å². The van der Waals surface area contributed by atoms with E-state index in [-0.39, 0.29) is 18.7 Å². The van der Waals surface area contributed by atoms with Crippen molar-refractivity contribution in [2.75, 3.05) is 33.5 Å². The molecule has 0 bridgehead atoms. The summed E-state index contributed by atoms with van der Waals surface area (Å²) in [5, 5.41) is 20.6. The van der Waals surface area contributed by atoms with Gasteiger partial charge in [0.05, 0.1) is 6.61 Å². The first-order valence-corrected chi connectivity index (χ1v) is 5.74. The summed E-state index contributed by atoms with van der Waals surface area (Å²) in [4.78, 5) is 11.2. The SMILES string of the molecule is COCCCOCCNC(=O)CCC(C)(O)O. The van der Waals surface area contributed by atoms with Crippen LogP contribution in [0, 0.1) is 0 Å². The minimum Gasteiger partial charge on any atom is -0.385 e. The highest BCUT2D eigenvalue weighted by Gasteiger charge is 2.16. The van der Waals surface area contributed by atoms with Gasteiger partial charge in [0.1, 0.15) is 0 Å². The van der Waals surface area contributed by atoms with Gasteiger partial charge < -0.3 is 25.0 Å². The third-order valence-corrected chi connectivity index (χ3v) is 2.03. The summed E-state index contributed by atoms with van der Waals surface area (Å²) in [5.41, 5.74) is 0. The molecule has 0 saturated carbocycles. The maximum absolute atomic E-state index is 11.2. The molecule has 0 saturated heterocycles. The van der Waals surface area contributed by atoms with Crippen LogP contribution in [-0.2, 0) is 14.3 Å². The van der Waals surface area contributed by atoms with Crippen molar-refractivity contribution in [1.82, 2.24) is 5.32 Å². The van der Waals surface area contributed by atoms with Crippen LogP contribution in [0.3, 0.4) is 0 Å². The van der Waals surface area contributed by atoms with E-state index in [2.05, 4.69) is 5.32 Å². The first kappa shape index (κ1) is 16.3. The molecule has 0 unspecified atom stereocenters. The van der Waals surface area contributed by atoms with Crippen molar-refractivity contribution in [1.29, 1.82) is 0 Å². The molecule has 1 amide bonds. The number of hydrogen-bond acceptors (Lipinski definition) is 5. The van der Waals surface area contributed by atoms with Gasteiger partial charge >= 0.3 is 0 Å². The number of amides is 1. The third kappa shape index (κ3) is 13.2. The van der Waals surface area contributed by atoms with Gasteiger partial charge in [-0.25, -0.2) is 0 Å². The van der Waals surface area contributed by atoms with Gasteiger partial charge in [-0.3, -0.25) is 4.79 Å². The molecule has 6 heteroatoms. The number of carbonyl (C=O) groups excluding carboxylic acids is 1. The molecule has 0 rings (SSSR count). The number of rotatable bonds is 10. The lowest BCUT2D eigenvalue weighted by atomic mass is 10.1. The van der Waals surface area contributed by atoms with Crippen molar-refractivity contribution in [2.24, 2.45) is 0 Å². The molecule has 0 atom stereocenters. The summed E-state index contributed by atoms with van der Waals surface area (Å²) in [7, 11) is 1.64. The number of aliphatic hydroxyl groups is 2. The van der Waals surface area contributed by atoms with Gasteiger partial charge in [-0.15, -0.1) is 0 Å². The lowest BCUT2D eigenvalue weighted by molar-refractivity contribution is -0.154. The highest BCUT2D eigenvalue weighted by Crippen LogP contribution is 2.06. The molecule has 6 nitrogen and oxygen atoms in total. The number of carbonyl (C=O) groups is 1. The monoisotopic (exact) mass is 249 g/mol. The van der Waals surface area contributed by atoms with Crippen LogP contribution in [0.25, 0.3) is 0 Å². The Morgan fingerprint density at radius 3 is 2.59 bits per heavy atom. The first-order chi connectivity index (χ1) is 7.95. The zero-order valence-electron chi connectivity index (χ0n) is 10.6. The Kier molecular flexibility index (Phi) is 8.97. The molecule has 17 heavy (non-hydrogen) atoms. The fourth-order valence-corrected chi connectivity index (χ4v) is 1.11. The highest BCUT2D eigenvalue weighted by atomic mass is 16.5.